The zero-order chi connectivity index (χ0) is 28.5. The van der Waals surface area contributed by atoms with Crippen molar-refractivity contribution in [3.63, 3.8) is 0 Å². The van der Waals surface area contributed by atoms with E-state index < -0.39 is 0 Å². The summed E-state index contributed by atoms with van der Waals surface area (Å²) in [5.41, 5.74) is 5.09. The first kappa shape index (κ1) is 29.1. The molecule has 4 aromatic rings. The number of rotatable bonds is 7. The van der Waals surface area contributed by atoms with Gasteiger partial charge in [0.2, 0.25) is 0 Å². The number of carbonyl (C=O) groups is 1. The predicted molar refractivity (Wildman–Crippen MR) is 159 cm³/mol. The summed E-state index contributed by atoms with van der Waals surface area (Å²) in [6, 6.07) is 28.3. The summed E-state index contributed by atoms with van der Waals surface area (Å²) in [4.78, 5) is 16.9. The lowest BCUT2D eigenvalue weighted by atomic mass is 9.96. The molecule has 1 amide bonds. The number of likely N-dealkylation sites (tertiary alicyclic amines) is 1. The molecule has 1 aliphatic rings. The van der Waals surface area contributed by atoms with Gasteiger partial charge >= 0.3 is 0 Å². The number of nitrogens with zero attached hydrogens (tertiary/aromatic N) is 2. The first-order chi connectivity index (χ1) is 19.3. The molecule has 5 rings (SSSR count). The first-order valence-electron chi connectivity index (χ1n) is 13.6. The van der Waals surface area contributed by atoms with E-state index in [0.29, 0.717) is 5.56 Å². The van der Waals surface area contributed by atoms with E-state index >= 15 is 0 Å². The highest BCUT2D eigenvalue weighted by atomic mass is 19.1. The van der Waals surface area contributed by atoms with Gasteiger partial charge in [-0.1, -0.05) is 54.6 Å². The molecular formula is C34H37F2N3O. The van der Waals surface area contributed by atoms with Crippen molar-refractivity contribution in [2.24, 2.45) is 5.92 Å². The Morgan fingerprint density at radius 3 is 1.88 bits per heavy atom. The van der Waals surface area contributed by atoms with Crippen molar-refractivity contribution in [1.82, 2.24) is 15.1 Å². The molecule has 0 bridgehead atoms. The number of amides is 1. The Bertz CT molecular complexity index is 1310. The number of hydrogen-bond donors (Lipinski definition) is 1. The van der Waals surface area contributed by atoms with Crippen LogP contribution in [-0.2, 0) is 6.54 Å². The van der Waals surface area contributed by atoms with E-state index in [4.69, 9.17) is 0 Å². The lowest BCUT2D eigenvalue weighted by molar-refractivity contribution is 0.0963. The van der Waals surface area contributed by atoms with Gasteiger partial charge in [0.05, 0.1) is 0 Å². The van der Waals surface area contributed by atoms with Gasteiger partial charge in [-0.25, -0.2) is 8.78 Å². The Hall–Kier alpha value is -3.87. The number of halogens is 2. The molecule has 40 heavy (non-hydrogen) atoms. The minimum atomic E-state index is -0.319. The molecule has 1 saturated heterocycles. The molecule has 4 nitrogen and oxygen atoms in total. The Morgan fingerprint density at radius 1 is 0.825 bits per heavy atom. The van der Waals surface area contributed by atoms with E-state index in [1.165, 1.54) is 55.9 Å². The van der Waals surface area contributed by atoms with Crippen molar-refractivity contribution in [2.75, 3.05) is 40.8 Å². The summed E-state index contributed by atoms with van der Waals surface area (Å²) < 4.78 is 26.3. The summed E-state index contributed by atoms with van der Waals surface area (Å²) in [6.45, 7) is 4.86. The topological polar surface area (TPSA) is 35.6 Å². The van der Waals surface area contributed by atoms with Gasteiger partial charge in [0.15, 0.2) is 0 Å². The average Bonchev–Trinajstić information content (AvgIpc) is 3.39. The van der Waals surface area contributed by atoms with Gasteiger partial charge < -0.3 is 10.2 Å². The maximum Gasteiger partial charge on any atom is 0.251 e. The van der Waals surface area contributed by atoms with Crippen LogP contribution in [-0.4, -0.2) is 56.5 Å². The van der Waals surface area contributed by atoms with Crippen molar-refractivity contribution < 1.29 is 13.6 Å². The summed E-state index contributed by atoms with van der Waals surface area (Å²) in [5, 5.41) is 2.60. The van der Waals surface area contributed by atoms with E-state index in [-0.39, 0.29) is 17.5 Å². The smallest absolute Gasteiger partial charge is 0.251 e. The monoisotopic (exact) mass is 541 g/mol. The molecule has 0 aromatic heterocycles. The van der Waals surface area contributed by atoms with Crippen molar-refractivity contribution >= 4 is 5.91 Å². The molecule has 0 aliphatic carbocycles. The predicted octanol–water partition coefficient (Wildman–Crippen LogP) is 6.73. The van der Waals surface area contributed by atoms with Crippen LogP contribution in [0.2, 0.25) is 0 Å². The highest BCUT2D eigenvalue weighted by molar-refractivity contribution is 5.97. The second-order valence-electron chi connectivity index (χ2n) is 10.5. The summed E-state index contributed by atoms with van der Waals surface area (Å²) in [6.07, 6.45) is 1.35. The molecule has 1 N–H and O–H groups in total. The fraction of sp³-hybridized carbons (Fsp3) is 0.265. The largest absolute Gasteiger partial charge is 0.355 e. The van der Waals surface area contributed by atoms with Gasteiger partial charge in [-0.15, -0.1) is 0 Å². The van der Waals surface area contributed by atoms with Crippen LogP contribution in [0.25, 0.3) is 22.3 Å². The van der Waals surface area contributed by atoms with Crippen molar-refractivity contribution in [3.8, 4) is 22.3 Å². The van der Waals surface area contributed by atoms with Crippen LogP contribution in [0.5, 0.6) is 0 Å². The minimum Gasteiger partial charge on any atom is -0.355 e. The van der Waals surface area contributed by atoms with Gasteiger partial charge in [0.1, 0.15) is 11.6 Å². The summed E-state index contributed by atoms with van der Waals surface area (Å²) in [5.74, 6) is 0.000892. The third-order valence-electron chi connectivity index (χ3n) is 7.02. The zero-order valence-corrected chi connectivity index (χ0v) is 23.4. The Morgan fingerprint density at radius 2 is 1.38 bits per heavy atom. The quantitative estimate of drug-likeness (QED) is 0.282. The van der Waals surface area contributed by atoms with Gasteiger partial charge in [-0.05, 0) is 103 Å². The molecule has 1 unspecified atom stereocenters. The highest BCUT2D eigenvalue weighted by Crippen LogP contribution is 2.29. The molecule has 0 radical (unpaired) electrons. The van der Waals surface area contributed by atoms with Crippen LogP contribution in [0.1, 0.15) is 22.3 Å². The first-order valence-corrected chi connectivity index (χ1v) is 13.6. The third-order valence-corrected chi connectivity index (χ3v) is 7.02. The molecule has 0 spiro atoms. The Balaban J connectivity index is 0.000000201. The van der Waals surface area contributed by atoms with Crippen LogP contribution in [0.15, 0.2) is 97.1 Å². The van der Waals surface area contributed by atoms with Crippen molar-refractivity contribution in [3.05, 3.63) is 120 Å². The number of carbonyl (C=O) groups excluding carboxylic acids is 1. The van der Waals surface area contributed by atoms with Crippen molar-refractivity contribution in [2.45, 2.75) is 13.0 Å². The van der Waals surface area contributed by atoms with Gasteiger partial charge in [-0.3, -0.25) is 9.69 Å². The van der Waals surface area contributed by atoms with Crippen LogP contribution < -0.4 is 5.32 Å². The normalized spacial score (nSPS) is 15.0. The average molecular weight is 542 g/mol. The van der Waals surface area contributed by atoms with Gasteiger partial charge in [0, 0.05) is 32.2 Å². The zero-order valence-electron chi connectivity index (χ0n) is 23.4. The summed E-state index contributed by atoms with van der Waals surface area (Å²) in [7, 11) is 5.89. The van der Waals surface area contributed by atoms with Crippen LogP contribution in [0.3, 0.4) is 0 Å². The fourth-order valence-corrected chi connectivity index (χ4v) is 5.08. The van der Waals surface area contributed by atoms with Crippen LogP contribution in [0, 0.1) is 17.6 Å². The van der Waals surface area contributed by atoms with Gasteiger partial charge in [-0.2, -0.15) is 0 Å². The van der Waals surface area contributed by atoms with E-state index in [1.807, 2.05) is 6.07 Å². The lowest BCUT2D eigenvalue weighted by Crippen LogP contribution is -2.25. The van der Waals surface area contributed by atoms with E-state index in [0.717, 1.165) is 34.7 Å². The second-order valence-corrected chi connectivity index (χ2v) is 10.5. The third kappa shape index (κ3) is 8.31. The number of hydrogen-bond acceptors (Lipinski definition) is 3. The molecule has 1 heterocycles. The molecule has 6 heteroatoms. The SMILES string of the molecule is CN(C)CC1CCN(Cc2ccccc2)C1.CNC(=O)c1cc(-c2ccc(F)cc2)cc(-c2ccc(F)cc2)c1. The fourth-order valence-electron chi connectivity index (χ4n) is 5.08. The van der Waals surface area contributed by atoms with E-state index in [2.05, 4.69) is 59.5 Å². The van der Waals surface area contributed by atoms with Crippen LogP contribution in [0.4, 0.5) is 8.78 Å². The molecule has 0 saturated carbocycles. The van der Waals surface area contributed by atoms with Crippen molar-refractivity contribution in [1.29, 1.82) is 0 Å². The maximum atomic E-state index is 13.1. The number of nitrogens with one attached hydrogen (secondary N) is 1. The highest BCUT2D eigenvalue weighted by Gasteiger charge is 2.22. The van der Waals surface area contributed by atoms with Crippen LogP contribution >= 0.6 is 0 Å². The minimum absolute atomic E-state index is 0.220. The summed E-state index contributed by atoms with van der Waals surface area (Å²) >= 11 is 0. The van der Waals surface area contributed by atoms with Gasteiger partial charge in [0.25, 0.3) is 5.91 Å². The molecule has 4 aromatic carbocycles. The molecule has 1 atom stereocenters. The molecule has 1 fully saturated rings. The maximum absolute atomic E-state index is 13.1. The second kappa shape index (κ2) is 14.0. The van der Waals surface area contributed by atoms with E-state index in [1.54, 1.807) is 43.4 Å². The lowest BCUT2D eigenvalue weighted by Gasteiger charge is -2.18. The Labute approximate surface area is 236 Å². The van der Waals surface area contributed by atoms with E-state index in [9.17, 15) is 13.6 Å². The molecule has 208 valence electrons. The standard InChI is InChI=1S/C20H15F2NO.C14H22N2/c1-23-20(24)17-11-15(13-2-6-18(21)7-3-13)10-16(12-17)14-4-8-19(22)9-5-14;1-15(2)10-14-8-9-16(12-14)11-13-6-4-3-5-7-13/h2-12H,1H3,(H,23,24);3-7,14H,8-12H2,1-2H3. The molecule has 1 aliphatic heterocycles. The Kier molecular flexibility index (Phi) is 10.2. The molecular weight excluding hydrogens is 504 g/mol. The number of benzene rings is 4.